The molecule has 1 rings (SSSR count). The average Bonchev–Trinajstić information content (AvgIpc) is 2.55. The number of nitrogens with zero attached hydrogens (tertiary/aromatic N) is 3. The van der Waals surface area contributed by atoms with E-state index in [-0.39, 0.29) is 30.0 Å². The van der Waals surface area contributed by atoms with Crippen LogP contribution in [-0.2, 0) is 4.74 Å². The third kappa shape index (κ3) is 10.7. The first-order valence-corrected chi connectivity index (χ1v) is 9.18. The van der Waals surface area contributed by atoms with E-state index in [9.17, 15) is 0 Å². The van der Waals surface area contributed by atoms with Crippen molar-refractivity contribution in [3.05, 3.63) is 0 Å². The summed E-state index contributed by atoms with van der Waals surface area (Å²) in [7, 11) is 1.72. The van der Waals surface area contributed by atoms with Crippen molar-refractivity contribution >= 4 is 29.9 Å². The monoisotopic (exact) mass is 455 g/mol. The lowest BCUT2D eigenvalue weighted by Gasteiger charge is -2.33. The molecule has 0 aromatic heterocycles. The molecule has 7 heteroatoms. The first kappa shape index (κ1) is 23.9. The van der Waals surface area contributed by atoms with E-state index >= 15 is 0 Å². The van der Waals surface area contributed by atoms with Crippen molar-refractivity contribution in [2.45, 2.75) is 39.7 Å². The van der Waals surface area contributed by atoms with Gasteiger partial charge in [0.2, 0.25) is 0 Å². The molecule has 0 aromatic carbocycles. The highest BCUT2D eigenvalue weighted by Gasteiger charge is 2.14. The summed E-state index contributed by atoms with van der Waals surface area (Å²) in [4.78, 5) is 9.76. The van der Waals surface area contributed by atoms with E-state index in [0.29, 0.717) is 6.61 Å². The van der Waals surface area contributed by atoms with Gasteiger partial charge in [-0.15, -0.1) is 24.0 Å². The van der Waals surface area contributed by atoms with E-state index in [1.165, 1.54) is 45.7 Å². The molecule has 1 fully saturated rings. The van der Waals surface area contributed by atoms with Crippen LogP contribution in [0.3, 0.4) is 0 Å². The van der Waals surface area contributed by atoms with Gasteiger partial charge in [-0.25, -0.2) is 0 Å². The quantitative estimate of drug-likeness (QED) is 0.227. The van der Waals surface area contributed by atoms with Crippen LogP contribution in [0.1, 0.15) is 33.6 Å². The van der Waals surface area contributed by atoms with Gasteiger partial charge >= 0.3 is 0 Å². The number of hydrogen-bond acceptors (Lipinski definition) is 4. The van der Waals surface area contributed by atoms with E-state index < -0.39 is 0 Å². The van der Waals surface area contributed by atoms with Gasteiger partial charge in [-0.3, -0.25) is 4.99 Å². The Morgan fingerprint density at radius 1 is 1.12 bits per heavy atom. The molecule has 144 valence electrons. The molecule has 1 saturated heterocycles. The number of unbranched alkanes of at least 4 members (excludes halogenated alkanes) is 1. The lowest BCUT2D eigenvalue weighted by atomic mass is 10.2. The zero-order valence-electron chi connectivity index (χ0n) is 16.0. The standard InChI is InChI=1S/C17H37N5O.HI/c1-5-18-17(20-16(3)15-23-4)19-9-7-8-10-22-13-11-21(6-2)12-14-22;/h16H,5-15H2,1-4H3,(H2,18,19,20);1H. The summed E-state index contributed by atoms with van der Waals surface area (Å²) in [5, 5.41) is 6.66. The predicted octanol–water partition coefficient (Wildman–Crippen LogP) is 1.61. The molecule has 24 heavy (non-hydrogen) atoms. The molecule has 0 aromatic rings. The molecule has 6 nitrogen and oxygen atoms in total. The molecular weight excluding hydrogens is 417 g/mol. The van der Waals surface area contributed by atoms with Gasteiger partial charge in [0.25, 0.3) is 0 Å². The van der Waals surface area contributed by atoms with E-state index in [1.807, 2.05) is 0 Å². The Morgan fingerprint density at radius 3 is 2.38 bits per heavy atom. The van der Waals surface area contributed by atoms with E-state index in [1.54, 1.807) is 7.11 Å². The minimum absolute atomic E-state index is 0. The van der Waals surface area contributed by atoms with Crippen molar-refractivity contribution in [3.63, 3.8) is 0 Å². The molecule has 1 heterocycles. The highest BCUT2D eigenvalue weighted by atomic mass is 127. The summed E-state index contributed by atoms with van der Waals surface area (Å²) in [6.07, 6.45) is 2.37. The fourth-order valence-electron chi connectivity index (χ4n) is 2.81. The maximum atomic E-state index is 5.15. The number of nitrogens with one attached hydrogen (secondary N) is 2. The van der Waals surface area contributed by atoms with E-state index in [4.69, 9.17) is 4.74 Å². The molecule has 1 aliphatic rings. The van der Waals surface area contributed by atoms with Crippen LogP contribution >= 0.6 is 24.0 Å². The molecule has 0 spiro atoms. The second-order valence-electron chi connectivity index (χ2n) is 6.24. The van der Waals surface area contributed by atoms with E-state index in [0.717, 1.165) is 25.5 Å². The highest BCUT2D eigenvalue weighted by molar-refractivity contribution is 14.0. The van der Waals surface area contributed by atoms with Gasteiger partial charge in [0.15, 0.2) is 5.96 Å². The van der Waals surface area contributed by atoms with Crippen LogP contribution in [0.15, 0.2) is 4.99 Å². The van der Waals surface area contributed by atoms with Crippen LogP contribution in [0.4, 0.5) is 0 Å². The summed E-state index contributed by atoms with van der Waals surface area (Å²) in [5.74, 6) is 0.897. The molecule has 0 bridgehead atoms. The van der Waals surface area contributed by atoms with Gasteiger partial charge in [-0.1, -0.05) is 6.92 Å². The summed E-state index contributed by atoms with van der Waals surface area (Å²) in [6, 6.07) is 0.271. The molecule has 0 saturated carbocycles. The second kappa shape index (κ2) is 15.2. The minimum atomic E-state index is 0. The van der Waals surface area contributed by atoms with Crippen molar-refractivity contribution in [2.75, 3.05) is 66.1 Å². The summed E-state index contributed by atoms with van der Waals surface area (Å²) in [5.41, 5.74) is 0. The number of guanidine groups is 1. The molecular formula is C17H38IN5O. The summed E-state index contributed by atoms with van der Waals surface area (Å²) < 4.78 is 5.15. The number of likely N-dealkylation sites (N-methyl/N-ethyl adjacent to an activating group) is 1. The average molecular weight is 455 g/mol. The van der Waals surface area contributed by atoms with Crippen molar-refractivity contribution in [1.29, 1.82) is 0 Å². The number of methoxy groups -OCH3 is 1. The van der Waals surface area contributed by atoms with Crippen LogP contribution in [-0.4, -0.2) is 87.9 Å². The Labute approximate surface area is 165 Å². The van der Waals surface area contributed by atoms with Crippen LogP contribution in [0.2, 0.25) is 0 Å². The molecule has 0 radical (unpaired) electrons. The van der Waals surface area contributed by atoms with Crippen LogP contribution in [0, 0.1) is 0 Å². The zero-order valence-corrected chi connectivity index (χ0v) is 18.3. The number of rotatable bonds is 10. The molecule has 1 atom stereocenters. The van der Waals surface area contributed by atoms with Gasteiger partial charge in [0.05, 0.1) is 6.61 Å². The smallest absolute Gasteiger partial charge is 0.191 e. The Morgan fingerprint density at radius 2 is 1.79 bits per heavy atom. The van der Waals surface area contributed by atoms with Crippen molar-refractivity contribution in [2.24, 2.45) is 4.99 Å². The maximum absolute atomic E-state index is 5.15. The predicted molar refractivity (Wildman–Crippen MR) is 114 cm³/mol. The topological polar surface area (TPSA) is 52.1 Å². The van der Waals surface area contributed by atoms with Gasteiger partial charge in [-0.2, -0.15) is 0 Å². The largest absolute Gasteiger partial charge is 0.383 e. The number of hydrogen-bond donors (Lipinski definition) is 2. The first-order valence-electron chi connectivity index (χ1n) is 9.18. The van der Waals surface area contributed by atoms with Crippen LogP contribution in [0.25, 0.3) is 0 Å². The van der Waals surface area contributed by atoms with Crippen molar-refractivity contribution in [3.8, 4) is 0 Å². The molecule has 0 amide bonds. The summed E-state index contributed by atoms with van der Waals surface area (Å²) >= 11 is 0. The van der Waals surface area contributed by atoms with Crippen LogP contribution in [0.5, 0.6) is 0 Å². The van der Waals surface area contributed by atoms with Gasteiger partial charge in [-0.05, 0) is 39.8 Å². The lowest BCUT2D eigenvalue weighted by molar-refractivity contribution is 0.136. The first-order chi connectivity index (χ1) is 11.2. The third-order valence-electron chi connectivity index (χ3n) is 4.21. The Hall–Kier alpha value is -0.120. The Bertz CT molecular complexity index is 322. The minimum Gasteiger partial charge on any atom is -0.383 e. The van der Waals surface area contributed by atoms with Crippen molar-refractivity contribution in [1.82, 2.24) is 20.4 Å². The van der Waals surface area contributed by atoms with E-state index in [2.05, 4.69) is 46.2 Å². The molecule has 1 aliphatic heterocycles. The van der Waals surface area contributed by atoms with Gasteiger partial charge in [0.1, 0.15) is 0 Å². The second-order valence-corrected chi connectivity index (χ2v) is 6.24. The molecule has 0 aliphatic carbocycles. The third-order valence-corrected chi connectivity index (χ3v) is 4.21. The number of halogens is 1. The molecule has 1 unspecified atom stereocenters. The molecule has 2 N–H and O–H groups in total. The zero-order chi connectivity index (χ0) is 16.9. The lowest BCUT2D eigenvalue weighted by Crippen LogP contribution is -2.46. The number of aliphatic imine (C=N–C) groups is 1. The highest BCUT2D eigenvalue weighted by Crippen LogP contribution is 2.03. The Kier molecular flexibility index (Phi) is 15.1. The van der Waals surface area contributed by atoms with Crippen molar-refractivity contribution < 1.29 is 4.74 Å². The SMILES string of the molecule is CCNC(=NCCCCN1CCN(CC)CC1)NC(C)COC.I. The number of ether oxygens (including phenoxy) is 1. The van der Waals surface area contributed by atoms with Gasteiger partial charge in [0, 0.05) is 52.4 Å². The van der Waals surface area contributed by atoms with Crippen LogP contribution < -0.4 is 10.6 Å². The fourth-order valence-corrected chi connectivity index (χ4v) is 2.81. The maximum Gasteiger partial charge on any atom is 0.191 e. The number of piperazine rings is 1. The fraction of sp³-hybridized carbons (Fsp3) is 0.941. The Balaban J connectivity index is 0.00000529. The normalized spacial score (nSPS) is 18.1. The summed E-state index contributed by atoms with van der Waals surface area (Å²) in [6.45, 7) is 16.2. The van der Waals surface area contributed by atoms with Gasteiger partial charge < -0.3 is 25.2 Å².